The first-order valence-corrected chi connectivity index (χ1v) is 8.01. The lowest BCUT2D eigenvalue weighted by atomic mass is 10.1. The summed E-state index contributed by atoms with van der Waals surface area (Å²) < 4.78 is 1.93. The van der Waals surface area contributed by atoms with Gasteiger partial charge in [0.25, 0.3) is 5.91 Å². The second-order valence-electron chi connectivity index (χ2n) is 5.90. The minimum atomic E-state index is -0.197. The Labute approximate surface area is 144 Å². The number of para-hydroxylation sites is 1. The molecule has 4 aromatic rings. The van der Waals surface area contributed by atoms with Gasteiger partial charge in [-0.3, -0.25) is 9.89 Å². The number of benzene rings is 2. The van der Waals surface area contributed by atoms with Crippen LogP contribution in [0.3, 0.4) is 0 Å². The van der Waals surface area contributed by atoms with E-state index in [4.69, 9.17) is 0 Å². The van der Waals surface area contributed by atoms with E-state index >= 15 is 0 Å². The van der Waals surface area contributed by atoms with Crippen LogP contribution in [0.4, 0.5) is 0 Å². The fourth-order valence-electron chi connectivity index (χ4n) is 2.87. The molecule has 0 aliphatic heterocycles. The Morgan fingerprint density at radius 3 is 2.96 bits per heavy atom. The summed E-state index contributed by atoms with van der Waals surface area (Å²) in [6.07, 6.45) is 5.35. The van der Waals surface area contributed by atoms with Crippen molar-refractivity contribution in [3.63, 3.8) is 0 Å². The van der Waals surface area contributed by atoms with Crippen LogP contribution in [0.15, 0.2) is 61.2 Å². The number of hydrogen-bond acceptors (Lipinski definition) is 3. The van der Waals surface area contributed by atoms with Crippen molar-refractivity contribution in [1.82, 2.24) is 25.1 Å². The predicted molar refractivity (Wildman–Crippen MR) is 95.6 cm³/mol. The molecule has 0 aliphatic carbocycles. The normalized spacial score (nSPS) is 10.9. The first-order valence-electron chi connectivity index (χ1n) is 8.01. The van der Waals surface area contributed by atoms with E-state index in [-0.39, 0.29) is 5.91 Å². The minimum absolute atomic E-state index is 0.197. The van der Waals surface area contributed by atoms with Gasteiger partial charge in [-0.25, -0.2) is 4.98 Å². The Morgan fingerprint density at radius 2 is 2.12 bits per heavy atom. The number of hydrogen-bond donors (Lipinski definition) is 2. The van der Waals surface area contributed by atoms with Crippen molar-refractivity contribution in [1.29, 1.82) is 0 Å². The number of H-pyrrole nitrogens is 1. The summed E-state index contributed by atoms with van der Waals surface area (Å²) in [4.78, 5) is 16.7. The third-order valence-electron chi connectivity index (χ3n) is 4.15. The Kier molecular flexibility index (Phi) is 3.78. The van der Waals surface area contributed by atoms with Crippen LogP contribution >= 0.6 is 0 Å². The average molecular weight is 331 g/mol. The van der Waals surface area contributed by atoms with Crippen molar-refractivity contribution in [2.75, 3.05) is 0 Å². The van der Waals surface area contributed by atoms with Gasteiger partial charge in [-0.05, 0) is 30.7 Å². The Balaban J connectivity index is 1.57. The summed E-state index contributed by atoms with van der Waals surface area (Å²) in [6, 6.07) is 13.8. The van der Waals surface area contributed by atoms with Crippen LogP contribution in [-0.4, -0.2) is 25.7 Å². The lowest BCUT2D eigenvalue weighted by molar-refractivity contribution is 0.0947. The number of amides is 1. The monoisotopic (exact) mass is 331 g/mol. The molecule has 0 bridgehead atoms. The Morgan fingerprint density at radius 1 is 1.24 bits per heavy atom. The van der Waals surface area contributed by atoms with Crippen molar-refractivity contribution < 1.29 is 4.79 Å². The van der Waals surface area contributed by atoms with E-state index in [2.05, 4.69) is 20.5 Å². The second kappa shape index (κ2) is 6.24. The van der Waals surface area contributed by atoms with Gasteiger partial charge in [-0.1, -0.05) is 29.8 Å². The number of nitrogens with zero attached hydrogens (tertiary/aromatic N) is 3. The number of nitrogens with one attached hydrogen (secondary N) is 2. The molecule has 0 unspecified atom stereocenters. The van der Waals surface area contributed by atoms with Crippen molar-refractivity contribution in [2.24, 2.45) is 0 Å². The van der Waals surface area contributed by atoms with Crippen molar-refractivity contribution in [3.8, 4) is 5.69 Å². The second-order valence-corrected chi connectivity index (χ2v) is 5.90. The maximum atomic E-state index is 12.6. The van der Waals surface area contributed by atoms with Gasteiger partial charge in [0.05, 0.1) is 17.5 Å². The van der Waals surface area contributed by atoms with Gasteiger partial charge < -0.3 is 9.88 Å². The smallest absolute Gasteiger partial charge is 0.272 e. The lowest BCUT2D eigenvalue weighted by Crippen LogP contribution is -2.24. The van der Waals surface area contributed by atoms with Gasteiger partial charge in [0, 0.05) is 24.3 Å². The number of imidazole rings is 1. The van der Waals surface area contributed by atoms with Crippen LogP contribution < -0.4 is 5.32 Å². The highest BCUT2D eigenvalue weighted by Gasteiger charge is 2.14. The summed E-state index contributed by atoms with van der Waals surface area (Å²) in [7, 11) is 0. The van der Waals surface area contributed by atoms with Crippen LogP contribution in [-0.2, 0) is 6.54 Å². The van der Waals surface area contributed by atoms with Crippen molar-refractivity contribution in [2.45, 2.75) is 13.5 Å². The molecule has 6 heteroatoms. The molecule has 6 nitrogen and oxygen atoms in total. The molecule has 25 heavy (non-hydrogen) atoms. The SMILES string of the molecule is Cc1ccc2[nH]nc(C(=O)NCc3ccccc3-n3ccnc3)c2c1. The molecule has 2 aromatic heterocycles. The van der Waals surface area contributed by atoms with Gasteiger partial charge in [-0.2, -0.15) is 5.10 Å². The quantitative estimate of drug-likeness (QED) is 0.603. The number of rotatable bonds is 4. The van der Waals surface area contributed by atoms with Crippen molar-refractivity contribution in [3.05, 3.63) is 78.0 Å². The maximum Gasteiger partial charge on any atom is 0.272 e. The summed E-state index contributed by atoms with van der Waals surface area (Å²) in [5.41, 5.74) is 4.36. The average Bonchev–Trinajstić information content (AvgIpc) is 3.29. The third-order valence-corrected chi connectivity index (χ3v) is 4.15. The fraction of sp³-hybridized carbons (Fsp3) is 0.105. The molecule has 0 radical (unpaired) electrons. The zero-order valence-corrected chi connectivity index (χ0v) is 13.7. The predicted octanol–water partition coefficient (Wildman–Crippen LogP) is 2.99. The number of fused-ring (bicyclic) bond motifs is 1. The molecule has 4 rings (SSSR count). The highest BCUT2D eigenvalue weighted by Crippen LogP contribution is 2.18. The van der Waals surface area contributed by atoms with Gasteiger partial charge >= 0.3 is 0 Å². The van der Waals surface area contributed by atoms with Gasteiger partial charge in [0.2, 0.25) is 0 Å². The summed E-state index contributed by atoms with van der Waals surface area (Å²) in [5.74, 6) is -0.197. The van der Waals surface area contributed by atoms with E-state index in [9.17, 15) is 4.79 Å². The standard InChI is InChI=1S/C19H17N5O/c1-13-6-7-16-15(10-13)18(23-22-16)19(25)21-11-14-4-2-3-5-17(14)24-9-8-20-12-24/h2-10,12H,11H2,1H3,(H,21,25)(H,22,23). The molecular weight excluding hydrogens is 314 g/mol. The van der Waals surface area contributed by atoms with Gasteiger partial charge in [0.1, 0.15) is 0 Å². The molecule has 1 amide bonds. The third kappa shape index (κ3) is 2.89. The van der Waals surface area contributed by atoms with Gasteiger partial charge in [-0.15, -0.1) is 0 Å². The molecule has 2 N–H and O–H groups in total. The molecule has 0 saturated carbocycles. The van der Waals surface area contributed by atoms with Crippen LogP contribution in [0.1, 0.15) is 21.6 Å². The number of aryl methyl sites for hydroxylation is 1. The van der Waals surface area contributed by atoms with E-state index in [0.717, 1.165) is 27.7 Å². The van der Waals surface area contributed by atoms with Crippen LogP contribution in [0.2, 0.25) is 0 Å². The minimum Gasteiger partial charge on any atom is -0.346 e. The van der Waals surface area contributed by atoms with Crippen LogP contribution in [0.25, 0.3) is 16.6 Å². The number of aromatic amines is 1. The zero-order chi connectivity index (χ0) is 17.2. The fourth-order valence-corrected chi connectivity index (χ4v) is 2.87. The molecule has 2 heterocycles. The molecule has 0 fully saturated rings. The Bertz CT molecular complexity index is 1030. The zero-order valence-electron chi connectivity index (χ0n) is 13.7. The highest BCUT2D eigenvalue weighted by atomic mass is 16.1. The van der Waals surface area contributed by atoms with E-state index in [0.29, 0.717) is 12.2 Å². The van der Waals surface area contributed by atoms with Crippen molar-refractivity contribution >= 4 is 16.8 Å². The van der Waals surface area contributed by atoms with Crippen LogP contribution in [0, 0.1) is 6.92 Å². The molecule has 124 valence electrons. The van der Waals surface area contributed by atoms with Gasteiger partial charge in [0.15, 0.2) is 5.69 Å². The van der Waals surface area contributed by atoms with E-state index < -0.39 is 0 Å². The molecule has 0 spiro atoms. The summed E-state index contributed by atoms with van der Waals surface area (Å²) >= 11 is 0. The first-order chi connectivity index (χ1) is 12.2. The van der Waals surface area contributed by atoms with E-state index in [1.165, 1.54) is 0 Å². The Hall–Kier alpha value is -3.41. The first kappa shape index (κ1) is 15.1. The molecule has 2 aromatic carbocycles. The van der Waals surface area contributed by atoms with E-state index in [1.807, 2.05) is 60.2 Å². The summed E-state index contributed by atoms with van der Waals surface area (Å²) in [6.45, 7) is 2.41. The van der Waals surface area contributed by atoms with Crippen LogP contribution in [0.5, 0.6) is 0 Å². The molecule has 0 atom stereocenters. The topological polar surface area (TPSA) is 75.6 Å². The highest BCUT2D eigenvalue weighted by molar-refractivity contribution is 6.04. The summed E-state index contributed by atoms with van der Waals surface area (Å²) in [5, 5.41) is 10.9. The largest absolute Gasteiger partial charge is 0.346 e. The number of carbonyl (C=O) groups is 1. The number of carbonyl (C=O) groups excluding carboxylic acids is 1. The molecular formula is C19H17N5O. The maximum absolute atomic E-state index is 12.6. The lowest BCUT2D eigenvalue weighted by Gasteiger charge is -2.10. The van der Waals surface area contributed by atoms with E-state index in [1.54, 1.807) is 12.5 Å². The molecule has 0 saturated heterocycles. The number of aromatic nitrogens is 4. The molecule has 0 aliphatic rings.